The molecule has 0 radical (unpaired) electrons. The summed E-state index contributed by atoms with van der Waals surface area (Å²) >= 11 is 1.33. The fourth-order valence-electron chi connectivity index (χ4n) is 2.96. The number of fused-ring (bicyclic) bond motifs is 1. The third kappa shape index (κ3) is 4.52. The number of nitrogens with zero attached hydrogens (tertiary/aromatic N) is 4. The van der Waals surface area contributed by atoms with Gasteiger partial charge in [-0.05, 0) is 29.8 Å². The van der Waals surface area contributed by atoms with Gasteiger partial charge in [-0.1, -0.05) is 35.6 Å². The Labute approximate surface area is 176 Å². The van der Waals surface area contributed by atoms with Gasteiger partial charge in [0, 0.05) is 19.4 Å². The Hall–Kier alpha value is -3.59. The normalized spacial score (nSPS) is 10.8. The Bertz CT molecular complexity index is 1230. The molecule has 4 aromatic rings. The summed E-state index contributed by atoms with van der Waals surface area (Å²) in [6.07, 6.45) is 2.22. The molecule has 0 saturated carbocycles. The molecule has 0 aliphatic carbocycles. The summed E-state index contributed by atoms with van der Waals surface area (Å²) in [5.41, 5.74) is 1.56. The summed E-state index contributed by atoms with van der Waals surface area (Å²) in [6, 6.07) is 14.9. The fourth-order valence-corrected chi connectivity index (χ4v) is 3.75. The zero-order chi connectivity index (χ0) is 20.9. The largest absolute Gasteiger partial charge is 0.497 e. The van der Waals surface area contributed by atoms with E-state index in [0.29, 0.717) is 22.5 Å². The molecule has 2 aromatic heterocycles. The standard InChI is InChI=1S/C21H19N5O3S/c1-29-15-8-6-14(7-9-15)12-19-24-25-21(30-19)23-18(27)10-11-26-13-22-17-5-3-2-4-16(17)20(26)28/h2-9,13H,10-12H2,1H3,(H,23,25,27). The van der Waals surface area contributed by atoms with Crippen molar-refractivity contribution in [3.05, 3.63) is 75.8 Å². The molecule has 1 amide bonds. The monoisotopic (exact) mass is 421 g/mol. The molecular weight excluding hydrogens is 402 g/mol. The summed E-state index contributed by atoms with van der Waals surface area (Å²) in [6.45, 7) is 0.236. The van der Waals surface area contributed by atoms with Gasteiger partial charge in [-0.3, -0.25) is 14.2 Å². The quantitative estimate of drug-likeness (QED) is 0.493. The van der Waals surface area contributed by atoms with E-state index in [-0.39, 0.29) is 24.4 Å². The first-order valence-corrected chi connectivity index (χ1v) is 10.1. The Morgan fingerprint density at radius 2 is 1.93 bits per heavy atom. The Morgan fingerprint density at radius 1 is 1.13 bits per heavy atom. The zero-order valence-corrected chi connectivity index (χ0v) is 17.1. The van der Waals surface area contributed by atoms with E-state index < -0.39 is 0 Å². The highest BCUT2D eigenvalue weighted by Gasteiger charge is 2.10. The molecule has 0 aliphatic heterocycles. The van der Waals surface area contributed by atoms with Crippen molar-refractivity contribution in [2.45, 2.75) is 19.4 Å². The highest BCUT2D eigenvalue weighted by molar-refractivity contribution is 7.15. The third-order valence-corrected chi connectivity index (χ3v) is 5.38. The number of amides is 1. The van der Waals surface area contributed by atoms with Crippen LogP contribution in [-0.2, 0) is 17.8 Å². The van der Waals surface area contributed by atoms with Crippen LogP contribution in [0, 0.1) is 0 Å². The number of anilines is 1. The maximum absolute atomic E-state index is 12.5. The molecule has 0 spiro atoms. The van der Waals surface area contributed by atoms with Gasteiger partial charge in [-0.15, -0.1) is 10.2 Å². The van der Waals surface area contributed by atoms with E-state index in [9.17, 15) is 9.59 Å². The molecule has 30 heavy (non-hydrogen) atoms. The van der Waals surface area contributed by atoms with E-state index in [2.05, 4.69) is 20.5 Å². The molecule has 1 N–H and O–H groups in total. The van der Waals surface area contributed by atoms with Crippen LogP contribution >= 0.6 is 11.3 Å². The average Bonchev–Trinajstić information content (AvgIpc) is 3.20. The number of para-hydroxylation sites is 1. The second kappa shape index (κ2) is 8.83. The van der Waals surface area contributed by atoms with Crippen LogP contribution in [0.2, 0.25) is 0 Å². The molecule has 0 fully saturated rings. The number of aryl methyl sites for hydroxylation is 1. The number of aromatic nitrogens is 4. The lowest BCUT2D eigenvalue weighted by Crippen LogP contribution is -2.23. The van der Waals surface area contributed by atoms with Gasteiger partial charge >= 0.3 is 0 Å². The highest BCUT2D eigenvalue weighted by atomic mass is 32.1. The Kier molecular flexibility index (Phi) is 5.80. The van der Waals surface area contributed by atoms with Crippen LogP contribution in [-0.4, -0.2) is 32.8 Å². The summed E-state index contributed by atoms with van der Waals surface area (Å²) in [7, 11) is 1.63. The number of hydrogen-bond donors (Lipinski definition) is 1. The summed E-state index contributed by atoms with van der Waals surface area (Å²) in [5.74, 6) is 0.562. The van der Waals surface area contributed by atoms with Crippen molar-refractivity contribution in [1.29, 1.82) is 0 Å². The molecule has 0 unspecified atom stereocenters. The van der Waals surface area contributed by atoms with Gasteiger partial charge in [0.1, 0.15) is 10.8 Å². The Morgan fingerprint density at radius 3 is 2.73 bits per heavy atom. The predicted molar refractivity (Wildman–Crippen MR) is 115 cm³/mol. The topological polar surface area (TPSA) is 99.0 Å². The van der Waals surface area contributed by atoms with E-state index in [1.165, 1.54) is 22.2 Å². The molecule has 2 aromatic carbocycles. The first kappa shape index (κ1) is 19.7. The van der Waals surface area contributed by atoms with Crippen molar-refractivity contribution in [3.8, 4) is 5.75 Å². The van der Waals surface area contributed by atoms with Crippen molar-refractivity contribution >= 4 is 33.3 Å². The van der Waals surface area contributed by atoms with Gasteiger partial charge < -0.3 is 10.1 Å². The maximum Gasteiger partial charge on any atom is 0.261 e. The van der Waals surface area contributed by atoms with E-state index >= 15 is 0 Å². The maximum atomic E-state index is 12.5. The number of hydrogen-bond acceptors (Lipinski definition) is 7. The van der Waals surface area contributed by atoms with E-state index in [1.54, 1.807) is 25.3 Å². The minimum absolute atomic E-state index is 0.132. The lowest BCUT2D eigenvalue weighted by molar-refractivity contribution is -0.116. The summed E-state index contributed by atoms with van der Waals surface area (Å²) in [4.78, 5) is 29.0. The van der Waals surface area contributed by atoms with Crippen molar-refractivity contribution in [2.75, 3.05) is 12.4 Å². The Balaban J connectivity index is 1.34. The molecule has 0 bridgehead atoms. The summed E-state index contributed by atoms with van der Waals surface area (Å²) in [5, 5.41) is 12.7. The molecule has 2 heterocycles. The van der Waals surface area contributed by atoms with Gasteiger partial charge in [0.25, 0.3) is 5.56 Å². The fraction of sp³-hybridized carbons (Fsp3) is 0.190. The van der Waals surface area contributed by atoms with E-state index in [1.807, 2.05) is 30.3 Å². The van der Waals surface area contributed by atoms with Crippen LogP contribution in [0.15, 0.2) is 59.7 Å². The molecular formula is C21H19N5O3S. The first-order chi connectivity index (χ1) is 14.6. The number of benzene rings is 2. The molecule has 0 saturated heterocycles. The third-order valence-electron chi connectivity index (χ3n) is 4.54. The van der Waals surface area contributed by atoms with Crippen LogP contribution in [0.5, 0.6) is 5.75 Å². The van der Waals surface area contributed by atoms with Gasteiger partial charge in [-0.2, -0.15) is 0 Å². The number of ether oxygens (including phenoxy) is 1. The highest BCUT2D eigenvalue weighted by Crippen LogP contribution is 2.20. The van der Waals surface area contributed by atoms with Crippen LogP contribution in [0.3, 0.4) is 0 Å². The van der Waals surface area contributed by atoms with Crippen LogP contribution in [0.1, 0.15) is 17.0 Å². The molecule has 4 rings (SSSR count). The van der Waals surface area contributed by atoms with E-state index in [4.69, 9.17) is 4.74 Å². The van der Waals surface area contributed by atoms with Gasteiger partial charge in [0.05, 0.1) is 24.3 Å². The average molecular weight is 421 g/mol. The SMILES string of the molecule is COc1ccc(Cc2nnc(NC(=O)CCn3cnc4ccccc4c3=O)s2)cc1. The van der Waals surface area contributed by atoms with Crippen LogP contribution in [0.4, 0.5) is 5.13 Å². The number of carbonyl (C=O) groups excluding carboxylic acids is 1. The number of nitrogens with one attached hydrogen (secondary N) is 1. The number of carbonyl (C=O) groups is 1. The predicted octanol–water partition coefficient (Wildman–Crippen LogP) is 2.88. The lowest BCUT2D eigenvalue weighted by atomic mass is 10.1. The minimum atomic E-state index is -0.234. The smallest absolute Gasteiger partial charge is 0.261 e. The van der Waals surface area contributed by atoms with Gasteiger partial charge in [-0.25, -0.2) is 4.98 Å². The lowest BCUT2D eigenvalue weighted by Gasteiger charge is -2.06. The molecule has 152 valence electrons. The molecule has 0 atom stereocenters. The van der Waals surface area contributed by atoms with Gasteiger partial charge in [0.2, 0.25) is 11.0 Å². The molecule has 8 nitrogen and oxygen atoms in total. The number of rotatable bonds is 7. The summed E-state index contributed by atoms with van der Waals surface area (Å²) < 4.78 is 6.59. The van der Waals surface area contributed by atoms with Crippen LogP contribution in [0.25, 0.3) is 10.9 Å². The van der Waals surface area contributed by atoms with Crippen molar-refractivity contribution in [1.82, 2.24) is 19.7 Å². The zero-order valence-electron chi connectivity index (χ0n) is 16.2. The molecule has 9 heteroatoms. The second-order valence-electron chi connectivity index (χ2n) is 6.58. The van der Waals surface area contributed by atoms with Crippen molar-refractivity contribution < 1.29 is 9.53 Å². The van der Waals surface area contributed by atoms with E-state index in [0.717, 1.165) is 16.3 Å². The second-order valence-corrected chi connectivity index (χ2v) is 7.65. The van der Waals surface area contributed by atoms with Crippen molar-refractivity contribution in [3.63, 3.8) is 0 Å². The minimum Gasteiger partial charge on any atom is -0.497 e. The number of methoxy groups -OCH3 is 1. The first-order valence-electron chi connectivity index (χ1n) is 9.32. The van der Waals surface area contributed by atoms with Gasteiger partial charge in [0.15, 0.2) is 0 Å². The molecule has 0 aliphatic rings. The van der Waals surface area contributed by atoms with Crippen molar-refractivity contribution in [2.24, 2.45) is 0 Å². The van der Waals surface area contributed by atoms with Crippen LogP contribution < -0.4 is 15.6 Å².